The number of ether oxygens (including phenoxy) is 1. The van der Waals surface area contributed by atoms with Crippen LogP contribution in [-0.2, 0) is 14.3 Å². The number of piperazine rings is 1. The van der Waals surface area contributed by atoms with Crippen LogP contribution in [0.2, 0.25) is 0 Å². The van der Waals surface area contributed by atoms with Gasteiger partial charge in [-0.25, -0.2) is 0 Å². The largest absolute Gasteiger partial charge is 0.369 e. The monoisotopic (exact) mass is 497 g/mol. The Morgan fingerprint density at radius 2 is 1.81 bits per heavy atom. The summed E-state index contributed by atoms with van der Waals surface area (Å²) in [6.07, 6.45) is 4.58. The second kappa shape index (κ2) is 10.9. The van der Waals surface area contributed by atoms with Crippen LogP contribution >= 0.6 is 0 Å². The average Bonchev–Trinajstić information content (AvgIpc) is 3.63. The van der Waals surface area contributed by atoms with Crippen molar-refractivity contribution in [2.75, 3.05) is 50.8 Å². The number of nitrogens with two attached hydrogens (primary N) is 1. The van der Waals surface area contributed by atoms with Crippen LogP contribution in [0.1, 0.15) is 49.4 Å². The van der Waals surface area contributed by atoms with Crippen LogP contribution in [0.25, 0.3) is 0 Å². The van der Waals surface area contributed by atoms with Crippen LogP contribution in [0.15, 0.2) is 24.3 Å². The van der Waals surface area contributed by atoms with Gasteiger partial charge >= 0.3 is 0 Å². The van der Waals surface area contributed by atoms with Gasteiger partial charge in [0.1, 0.15) is 24.8 Å². The summed E-state index contributed by atoms with van der Waals surface area (Å²) in [5.41, 5.74) is 7.84. The molecule has 36 heavy (non-hydrogen) atoms. The van der Waals surface area contributed by atoms with Gasteiger partial charge in [0.05, 0.1) is 6.04 Å². The summed E-state index contributed by atoms with van der Waals surface area (Å²) in [5.74, 6) is -0.510. The minimum absolute atomic E-state index is 0.00668. The Morgan fingerprint density at radius 1 is 1.11 bits per heavy atom. The molecule has 3 heterocycles. The highest BCUT2D eigenvalue weighted by molar-refractivity contribution is 5.99. The van der Waals surface area contributed by atoms with E-state index in [0.29, 0.717) is 5.56 Å². The maximum atomic E-state index is 13.7. The Bertz CT molecular complexity index is 955. The number of likely N-dealkylation sites (tertiary alicyclic amines) is 1. The number of anilines is 1. The minimum Gasteiger partial charge on any atom is -0.369 e. The standard InChI is InChI=1S/C27H39N5O4/c1-2-11-30-12-14-31(15-13-30)20-9-7-19(8-10-20)26(34)29-23(18-5-3-4-6-18)27(35)32-16-21(28)25-24(32)22(33)17-36-25/h7-10,18,21,23-25H,2-6,11-17,28H2,1H3,(H,29,34)/t21-,23+,24-,25-/m1/s1. The summed E-state index contributed by atoms with van der Waals surface area (Å²) < 4.78 is 5.55. The van der Waals surface area contributed by atoms with E-state index in [1.807, 2.05) is 24.3 Å². The van der Waals surface area contributed by atoms with Gasteiger partial charge in [-0.1, -0.05) is 19.8 Å². The Hall–Kier alpha value is -2.49. The van der Waals surface area contributed by atoms with E-state index in [2.05, 4.69) is 22.0 Å². The fourth-order valence-corrected chi connectivity index (χ4v) is 6.36. The van der Waals surface area contributed by atoms with Gasteiger partial charge in [0.15, 0.2) is 5.78 Å². The number of carbonyl (C=O) groups is 3. The molecule has 1 aromatic rings. The van der Waals surface area contributed by atoms with Gasteiger partial charge in [0, 0.05) is 44.0 Å². The highest BCUT2D eigenvalue weighted by Gasteiger charge is 2.52. The average molecular weight is 498 g/mol. The number of hydrogen-bond donors (Lipinski definition) is 2. The number of nitrogens with one attached hydrogen (secondary N) is 1. The zero-order valence-corrected chi connectivity index (χ0v) is 21.2. The summed E-state index contributed by atoms with van der Waals surface area (Å²) in [5, 5.41) is 3.04. The van der Waals surface area contributed by atoms with E-state index >= 15 is 0 Å². The second-order valence-electron chi connectivity index (χ2n) is 10.7. The summed E-state index contributed by atoms with van der Waals surface area (Å²) in [6.45, 7) is 7.68. The Kier molecular flexibility index (Phi) is 7.60. The van der Waals surface area contributed by atoms with Crippen molar-refractivity contribution >= 4 is 23.3 Å². The van der Waals surface area contributed by atoms with Gasteiger partial charge in [-0.3, -0.25) is 19.3 Å². The molecule has 1 saturated carbocycles. The van der Waals surface area contributed by atoms with E-state index in [0.717, 1.165) is 64.1 Å². The molecule has 4 fully saturated rings. The lowest BCUT2D eigenvalue weighted by atomic mass is 9.95. The lowest BCUT2D eigenvalue weighted by Crippen LogP contribution is -2.54. The van der Waals surface area contributed by atoms with E-state index in [1.165, 1.54) is 6.42 Å². The third-order valence-electron chi connectivity index (χ3n) is 8.34. The molecular formula is C27H39N5O4. The van der Waals surface area contributed by atoms with Gasteiger partial charge in [-0.05, 0) is 56.0 Å². The van der Waals surface area contributed by atoms with Crippen molar-refractivity contribution in [2.45, 2.75) is 63.3 Å². The van der Waals surface area contributed by atoms with Crippen molar-refractivity contribution in [1.82, 2.24) is 15.1 Å². The molecule has 0 bridgehead atoms. The third kappa shape index (κ3) is 5.01. The molecular weight excluding hydrogens is 458 g/mol. The van der Waals surface area contributed by atoms with Crippen LogP contribution < -0.4 is 16.0 Å². The van der Waals surface area contributed by atoms with Crippen molar-refractivity contribution in [3.8, 4) is 0 Å². The van der Waals surface area contributed by atoms with Gasteiger partial charge in [-0.2, -0.15) is 0 Å². The lowest BCUT2D eigenvalue weighted by Gasteiger charge is -2.36. The number of benzene rings is 1. The number of nitrogens with zero attached hydrogens (tertiary/aromatic N) is 3. The molecule has 0 aromatic heterocycles. The molecule has 0 spiro atoms. The fourth-order valence-electron chi connectivity index (χ4n) is 6.36. The number of carbonyl (C=O) groups excluding carboxylic acids is 3. The van der Waals surface area contributed by atoms with Crippen LogP contribution in [0.3, 0.4) is 0 Å². The number of amides is 2. The Morgan fingerprint density at radius 3 is 2.47 bits per heavy atom. The molecule has 196 valence electrons. The smallest absolute Gasteiger partial charge is 0.251 e. The van der Waals surface area contributed by atoms with Crippen LogP contribution in [-0.4, -0.2) is 97.5 Å². The molecule has 4 atom stereocenters. The fraction of sp³-hybridized carbons (Fsp3) is 0.667. The van der Waals surface area contributed by atoms with Gasteiger partial charge < -0.3 is 25.6 Å². The zero-order valence-electron chi connectivity index (χ0n) is 21.2. The van der Waals surface area contributed by atoms with Gasteiger partial charge in [0.25, 0.3) is 5.91 Å². The van der Waals surface area contributed by atoms with Crippen LogP contribution in [0.4, 0.5) is 5.69 Å². The Balaban J connectivity index is 1.26. The quantitative estimate of drug-likeness (QED) is 0.579. The minimum atomic E-state index is -0.661. The number of fused-ring (bicyclic) bond motifs is 1. The molecule has 3 saturated heterocycles. The normalized spacial score (nSPS) is 27.9. The van der Waals surface area contributed by atoms with Crippen molar-refractivity contribution in [3.05, 3.63) is 29.8 Å². The molecule has 3 aliphatic heterocycles. The first-order chi connectivity index (χ1) is 17.5. The first kappa shape index (κ1) is 25.2. The molecule has 4 aliphatic rings. The predicted molar refractivity (Wildman–Crippen MR) is 137 cm³/mol. The van der Waals surface area contributed by atoms with E-state index < -0.39 is 18.2 Å². The maximum absolute atomic E-state index is 13.7. The summed E-state index contributed by atoms with van der Waals surface area (Å²) >= 11 is 0. The zero-order chi connectivity index (χ0) is 25.2. The molecule has 5 rings (SSSR count). The predicted octanol–water partition coefficient (Wildman–Crippen LogP) is 1.01. The number of hydrogen-bond acceptors (Lipinski definition) is 7. The second-order valence-corrected chi connectivity index (χ2v) is 10.7. The SMILES string of the molecule is CCCN1CCN(c2ccc(C(=O)N[C@H](C(=O)N3C[C@@H](N)[C@H]4OCC(=O)[C@H]43)C3CCCC3)cc2)CC1. The molecule has 3 N–H and O–H groups in total. The van der Waals surface area contributed by atoms with Crippen molar-refractivity contribution in [2.24, 2.45) is 11.7 Å². The maximum Gasteiger partial charge on any atom is 0.251 e. The topological polar surface area (TPSA) is 108 Å². The summed E-state index contributed by atoms with van der Waals surface area (Å²) in [4.78, 5) is 45.8. The highest BCUT2D eigenvalue weighted by Crippen LogP contribution is 2.32. The van der Waals surface area contributed by atoms with Crippen LogP contribution in [0.5, 0.6) is 0 Å². The van der Waals surface area contributed by atoms with Crippen molar-refractivity contribution in [1.29, 1.82) is 0 Å². The van der Waals surface area contributed by atoms with E-state index in [1.54, 1.807) is 4.90 Å². The molecule has 1 aromatic carbocycles. The third-order valence-corrected chi connectivity index (χ3v) is 8.34. The van der Waals surface area contributed by atoms with Crippen molar-refractivity contribution < 1.29 is 19.1 Å². The first-order valence-electron chi connectivity index (χ1n) is 13.5. The number of ketones is 1. The first-order valence-corrected chi connectivity index (χ1v) is 13.5. The van der Waals surface area contributed by atoms with Crippen molar-refractivity contribution in [3.63, 3.8) is 0 Å². The highest BCUT2D eigenvalue weighted by atomic mass is 16.5. The van der Waals surface area contributed by atoms with E-state index in [4.69, 9.17) is 10.5 Å². The Labute approximate surface area is 213 Å². The van der Waals surface area contributed by atoms with E-state index in [-0.39, 0.29) is 42.7 Å². The van der Waals surface area contributed by atoms with Gasteiger partial charge in [-0.15, -0.1) is 0 Å². The molecule has 9 heteroatoms. The lowest BCUT2D eigenvalue weighted by molar-refractivity contribution is -0.139. The van der Waals surface area contributed by atoms with Gasteiger partial charge in [0.2, 0.25) is 5.91 Å². The molecule has 2 amide bonds. The van der Waals surface area contributed by atoms with E-state index in [9.17, 15) is 14.4 Å². The molecule has 1 aliphatic carbocycles. The molecule has 9 nitrogen and oxygen atoms in total. The molecule has 0 radical (unpaired) electrons. The van der Waals surface area contributed by atoms with Crippen LogP contribution in [0, 0.1) is 5.92 Å². The number of Topliss-reactive ketones (excluding diaryl/α,β-unsaturated/α-hetero) is 1. The number of rotatable bonds is 7. The summed E-state index contributed by atoms with van der Waals surface area (Å²) in [7, 11) is 0. The molecule has 0 unspecified atom stereocenters. The summed E-state index contributed by atoms with van der Waals surface area (Å²) in [6, 6.07) is 5.99.